The number of carbonyl (C=O) groups is 1. The van der Waals surface area contributed by atoms with Crippen molar-refractivity contribution in [3.63, 3.8) is 0 Å². The van der Waals surface area contributed by atoms with Crippen molar-refractivity contribution in [1.82, 2.24) is 10.2 Å². The van der Waals surface area contributed by atoms with Gasteiger partial charge in [-0.3, -0.25) is 4.79 Å². The number of nitriles is 1. The maximum absolute atomic E-state index is 11.3. The Kier molecular flexibility index (Phi) is 3.06. The largest absolute Gasteiger partial charge is 0.343 e. The number of carbonyl (C=O) groups excluding carboxylic acids is 1. The molecule has 0 aromatic carbocycles. The predicted octanol–water partition coefficient (Wildman–Crippen LogP) is -0.422. The predicted molar refractivity (Wildman–Crippen MR) is 44.2 cm³/mol. The number of nitrogens with one attached hydrogen (secondary N) is 1. The number of hydrogen-bond donors (Lipinski definition) is 1. The third kappa shape index (κ3) is 2.21. The molecular weight excluding hydrogens is 154 g/mol. The van der Waals surface area contributed by atoms with Gasteiger partial charge >= 0.3 is 0 Å². The number of hydrogen-bond acceptors (Lipinski definition) is 3. The highest BCUT2D eigenvalue weighted by Crippen LogP contribution is 2.13. The van der Waals surface area contributed by atoms with Gasteiger partial charge in [-0.05, 0) is 20.0 Å². The van der Waals surface area contributed by atoms with E-state index in [1.165, 1.54) is 0 Å². The lowest BCUT2D eigenvalue weighted by Crippen LogP contribution is -2.32. The minimum atomic E-state index is 0.0147. The van der Waals surface area contributed by atoms with Gasteiger partial charge in [0, 0.05) is 6.54 Å². The van der Waals surface area contributed by atoms with Crippen molar-refractivity contribution in [2.24, 2.45) is 5.92 Å². The van der Waals surface area contributed by atoms with Crippen LogP contribution in [0.15, 0.2) is 0 Å². The van der Waals surface area contributed by atoms with E-state index >= 15 is 0 Å². The number of likely N-dealkylation sites (tertiary alicyclic amines) is 1. The lowest BCUT2D eigenvalue weighted by molar-refractivity contribution is -0.124. The molecule has 66 valence electrons. The molecule has 0 aromatic rings. The fourth-order valence-corrected chi connectivity index (χ4v) is 1.42. The fraction of sp³-hybridized carbons (Fsp3) is 0.750. The highest BCUT2D eigenvalue weighted by Gasteiger charge is 2.25. The molecule has 1 unspecified atom stereocenters. The first-order valence-corrected chi connectivity index (χ1v) is 4.07. The summed E-state index contributed by atoms with van der Waals surface area (Å²) in [5.41, 5.74) is 0. The molecule has 0 radical (unpaired) electrons. The second-order valence-corrected chi connectivity index (χ2v) is 3.12. The lowest BCUT2D eigenvalue weighted by atomic mass is 10.1. The fourth-order valence-electron chi connectivity index (χ4n) is 1.42. The Hall–Kier alpha value is -1.08. The summed E-state index contributed by atoms with van der Waals surface area (Å²) in [5, 5.41) is 10.8. The third-order valence-electron chi connectivity index (χ3n) is 2.10. The Labute approximate surface area is 72.2 Å². The van der Waals surface area contributed by atoms with Crippen molar-refractivity contribution in [3.05, 3.63) is 0 Å². The standard InChI is InChI=1S/C8H13N3O/c1-11-5-2-7(6-11)8(12)10-4-3-9/h7H,2,4-6H2,1H3,(H,10,12). The van der Waals surface area contributed by atoms with Crippen LogP contribution in [0.3, 0.4) is 0 Å². The summed E-state index contributed by atoms with van der Waals surface area (Å²) < 4.78 is 0. The van der Waals surface area contributed by atoms with Gasteiger partial charge in [-0.1, -0.05) is 0 Å². The molecule has 0 bridgehead atoms. The number of rotatable bonds is 2. The topological polar surface area (TPSA) is 56.1 Å². The molecule has 0 spiro atoms. The van der Waals surface area contributed by atoms with Crippen LogP contribution >= 0.6 is 0 Å². The Morgan fingerprint density at radius 1 is 1.83 bits per heavy atom. The van der Waals surface area contributed by atoms with E-state index in [-0.39, 0.29) is 18.4 Å². The molecule has 1 aliphatic heterocycles. The van der Waals surface area contributed by atoms with Crippen molar-refractivity contribution in [3.8, 4) is 6.07 Å². The van der Waals surface area contributed by atoms with Gasteiger partial charge in [0.05, 0.1) is 12.0 Å². The summed E-state index contributed by atoms with van der Waals surface area (Å²) in [6, 6.07) is 1.89. The molecule has 1 amide bonds. The van der Waals surface area contributed by atoms with Crippen molar-refractivity contribution in [2.75, 3.05) is 26.7 Å². The molecule has 0 aromatic heterocycles. The molecule has 1 fully saturated rings. The van der Waals surface area contributed by atoms with Gasteiger partial charge in [0.25, 0.3) is 0 Å². The van der Waals surface area contributed by atoms with Gasteiger partial charge in [0.15, 0.2) is 0 Å². The molecule has 1 rings (SSSR count). The lowest BCUT2D eigenvalue weighted by Gasteiger charge is -2.08. The molecule has 4 nitrogen and oxygen atoms in total. The van der Waals surface area contributed by atoms with Crippen molar-refractivity contribution in [2.45, 2.75) is 6.42 Å². The quantitative estimate of drug-likeness (QED) is 0.568. The Morgan fingerprint density at radius 2 is 2.58 bits per heavy atom. The van der Waals surface area contributed by atoms with Crippen LogP contribution in [-0.2, 0) is 4.79 Å². The molecule has 12 heavy (non-hydrogen) atoms. The Morgan fingerprint density at radius 3 is 3.08 bits per heavy atom. The minimum Gasteiger partial charge on any atom is -0.343 e. The Balaban J connectivity index is 2.29. The average molecular weight is 167 g/mol. The molecule has 1 N–H and O–H groups in total. The van der Waals surface area contributed by atoms with E-state index in [0.717, 1.165) is 19.5 Å². The van der Waals surface area contributed by atoms with Crippen LogP contribution in [-0.4, -0.2) is 37.5 Å². The van der Waals surface area contributed by atoms with E-state index in [2.05, 4.69) is 10.2 Å². The van der Waals surface area contributed by atoms with Crippen LogP contribution in [0.25, 0.3) is 0 Å². The van der Waals surface area contributed by atoms with Crippen LogP contribution in [0.5, 0.6) is 0 Å². The zero-order chi connectivity index (χ0) is 8.97. The zero-order valence-electron chi connectivity index (χ0n) is 7.21. The van der Waals surface area contributed by atoms with Crippen LogP contribution in [0.1, 0.15) is 6.42 Å². The summed E-state index contributed by atoms with van der Waals surface area (Å²) in [6.07, 6.45) is 0.910. The summed E-state index contributed by atoms with van der Waals surface area (Å²) >= 11 is 0. The maximum atomic E-state index is 11.3. The molecule has 1 aliphatic rings. The van der Waals surface area contributed by atoms with E-state index in [1.54, 1.807) is 0 Å². The van der Waals surface area contributed by atoms with Crippen molar-refractivity contribution >= 4 is 5.91 Å². The van der Waals surface area contributed by atoms with Crippen LogP contribution in [0, 0.1) is 17.2 Å². The molecule has 0 aliphatic carbocycles. The summed E-state index contributed by atoms with van der Waals surface area (Å²) in [4.78, 5) is 13.4. The van der Waals surface area contributed by atoms with Gasteiger partial charge in [-0.2, -0.15) is 5.26 Å². The van der Waals surface area contributed by atoms with Crippen molar-refractivity contribution in [1.29, 1.82) is 5.26 Å². The number of nitrogens with zero attached hydrogens (tertiary/aromatic N) is 2. The molecule has 0 saturated carbocycles. The van der Waals surface area contributed by atoms with Gasteiger partial charge in [-0.15, -0.1) is 0 Å². The van der Waals surface area contributed by atoms with Gasteiger partial charge in [0.2, 0.25) is 5.91 Å². The first kappa shape index (κ1) is 9.01. The monoisotopic (exact) mass is 167 g/mol. The number of amides is 1. The molecule has 1 saturated heterocycles. The van der Waals surface area contributed by atoms with E-state index in [9.17, 15) is 4.79 Å². The molecule has 1 atom stereocenters. The smallest absolute Gasteiger partial charge is 0.225 e. The second kappa shape index (κ2) is 4.07. The van der Waals surface area contributed by atoms with Crippen LogP contribution in [0.2, 0.25) is 0 Å². The second-order valence-electron chi connectivity index (χ2n) is 3.12. The normalized spacial score (nSPS) is 23.5. The maximum Gasteiger partial charge on any atom is 0.225 e. The highest BCUT2D eigenvalue weighted by atomic mass is 16.1. The Bertz CT molecular complexity index is 209. The van der Waals surface area contributed by atoms with Gasteiger partial charge < -0.3 is 10.2 Å². The first-order valence-electron chi connectivity index (χ1n) is 4.07. The van der Waals surface area contributed by atoms with E-state index in [1.807, 2.05) is 13.1 Å². The van der Waals surface area contributed by atoms with Crippen LogP contribution in [0.4, 0.5) is 0 Å². The summed E-state index contributed by atoms with van der Waals surface area (Å²) in [6.45, 7) is 1.92. The molecular formula is C8H13N3O. The van der Waals surface area contributed by atoms with Gasteiger partial charge in [0.1, 0.15) is 6.54 Å². The summed E-state index contributed by atoms with van der Waals surface area (Å²) in [5.74, 6) is 0.101. The molecule has 4 heteroatoms. The van der Waals surface area contributed by atoms with E-state index in [4.69, 9.17) is 5.26 Å². The van der Waals surface area contributed by atoms with Crippen molar-refractivity contribution < 1.29 is 4.79 Å². The SMILES string of the molecule is CN1CCC(C(=O)NCC#N)C1. The van der Waals surface area contributed by atoms with Gasteiger partial charge in [-0.25, -0.2) is 0 Å². The highest BCUT2D eigenvalue weighted by molar-refractivity contribution is 5.79. The van der Waals surface area contributed by atoms with Crippen LogP contribution < -0.4 is 5.32 Å². The summed E-state index contributed by atoms with van der Waals surface area (Å²) in [7, 11) is 2.00. The van der Waals surface area contributed by atoms with E-state index in [0.29, 0.717) is 0 Å². The zero-order valence-corrected chi connectivity index (χ0v) is 7.21. The first-order chi connectivity index (χ1) is 5.74. The molecule has 1 heterocycles. The third-order valence-corrected chi connectivity index (χ3v) is 2.10. The minimum absolute atomic E-state index is 0.0147. The average Bonchev–Trinajstić information content (AvgIpc) is 2.47. The van der Waals surface area contributed by atoms with E-state index < -0.39 is 0 Å².